The number of carbonyl (C=O) groups is 5. The highest BCUT2D eigenvalue weighted by Gasteiger charge is 2.28. The molecule has 17 heteroatoms. The molecule has 0 bridgehead atoms. The minimum atomic E-state index is -0.514. The third-order valence-electron chi connectivity index (χ3n) is 22.0. The molecule has 0 saturated carbocycles. The molecular formula is C112H181IO16. The average Bonchev–Trinajstić information content (AvgIpc) is 0.608. The largest absolute Gasteiger partial charge is 0.458 e. The molecule has 129 heavy (non-hydrogen) atoms. The van der Waals surface area contributed by atoms with Gasteiger partial charge in [-0.05, 0) is 209 Å². The highest BCUT2D eigenvalue weighted by molar-refractivity contribution is 14.1. The van der Waals surface area contributed by atoms with Gasteiger partial charge >= 0.3 is 23.9 Å². The minimum Gasteiger partial charge on any atom is -0.458 e. The van der Waals surface area contributed by atoms with Crippen molar-refractivity contribution < 1.29 is 77.2 Å². The van der Waals surface area contributed by atoms with Crippen LogP contribution in [0.5, 0.6) is 0 Å². The molecule has 732 valence electrons. The van der Waals surface area contributed by atoms with Gasteiger partial charge in [-0.25, -0.2) is 19.2 Å². The van der Waals surface area contributed by atoms with E-state index in [-0.39, 0.29) is 121 Å². The summed E-state index contributed by atoms with van der Waals surface area (Å²) < 4.78 is 47.9. The van der Waals surface area contributed by atoms with Crippen LogP contribution in [0.1, 0.15) is 284 Å². The van der Waals surface area contributed by atoms with Gasteiger partial charge in [0, 0.05) is 100 Å². The number of hydrogen-bond acceptors (Lipinski definition) is 16. The fourth-order valence-electron chi connectivity index (χ4n) is 13.9. The molecule has 0 aliphatic rings. The predicted molar refractivity (Wildman–Crippen MR) is 556 cm³/mol. The summed E-state index contributed by atoms with van der Waals surface area (Å²) in [7, 11) is 6.88. The Morgan fingerprint density at radius 1 is 0.349 bits per heavy atom. The average molecular weight is 1910 g/mol. The van der Waals surface area contributed by atoms with Crippen molar-refractivity contribution in [1.29, 1.82) is 0 Å². The Hall–Kier alpha value is -7.46. The summed E-state index contributed by atoms with van der Waals surface area (Å²) in [6, 6.07) is 0. The van der Waals surface area contributed by atoms with Gasteiger partial charge in [-0.15, -0.1) is 6.58 Å². The summed E-state index contributed by atoms with van der Waals surface area (Å²) in [6.07, 6.45) is 47.3. The number of aliphatic hydroxyl groups excluding tert-OH is 3. The van der Waals surface area contributed by atoms with Crippen molar-refractivity contribution in [3.05, 3.63) is 248 Å². The standard InChI is InChI=1S/C30H48O4.C27H44O4.C27H42O4.C16H26O2.C12H21IO2/c1-11-15-25(13-3)30(32)34-28(21(5)6)18-17-22(7)19-24(9)29(33-10)26(14-4)20-23(8)27(31)16-12-2;2*1-10-13-23(11-2)27(29)31-25(19(4)5)15-14-20(6)16-22(8)26(30-9)24(12-3)17-21(7)18-28;1-7-9-14(8-2)16(17)18-15(13(5)6)11-10-12(3)4;1-5-11(6-9(2)8-14)12(15-4)10(3)7-13/h11-12,15,17,19-21,26-29,31H,1-2,13-14,16,18H2,3-10H3;10,13-14,16-17,19,24-26,28H,1,11-12,15,18H2,2-9H3;10,13-14,16-19,24-26H,1,11-12,15H2,2-9H3;7,9-10,13,15H,1,8,11H2,2-6H3;6-7,11-12,14H,5,8H2,1-4H3/b22-17+,23-20-,24-19+,25-15+;2*20-14+,21-17-,22-16+,23-13+;14-9+;9-6-,10-7+/t26-,27-,28-,29-;2*24-,25-,26-;15-;11-,12-/m00000/s1. The van der Waals surface area contributed by atoms with E-state index in [4.69, 9.17) is 43.0 Å². The van der Waals surface area contributed by atoms with Gasteiger partial charge < -0.3 is 53.2 Å². The molecule has 0 rings (SSSR count). The smallest absolute Gasteiger partial charge is 0.334 e. The Balaban J connectivity index is -0.000000511. The molecule has 0 aromatic rings. The van der Waals surface area contributed by atoms with Gasteiger partial charge in [0.25, 0.3) is 0 Å². The van der Waals surface area contributed by atoms with Crippen LogP contribution in [0.2, 0.25) is 0 Å². The summed E-state index contributed by atoms with van der Waals surface area (Å²) in [5, 5.41) is 28.6. The van der Waals surface area contributed by atoms with Gasteiger partial charge in [0.05, 0.1) is 43.7 Å². The van der Waals surface area contributed by atoms with Crippen molar-refractivity contribution in [2.24, 2.45) is 47.3 Å². The van der Waals surface area contributed by atoms with E-state index < -0.39 is 6.10 Å². The normalized spacial score (nSPS) is 16.5. The lowest BCUT2D eigenvalue weighted by molar-refractivity contribution is -0.147. The molecule has 13 atom stereocenters. The van der Waals surface area contributed by atoms with E-state index in [0.29, 0.717) is 91.1 Å². The number of hydrogen-bond donors (Lipinski definition) is 3. The van der Waals surface area contributed by atoms with Gasteiger partial charge in [-0.2, -0.15) is 0 Å². The number of aldehydes is 1. The van der Waals surface area contributed by atoms with Crippen molar-refractivity contribution in [3.63, 3.8) is 0 Å². The molecule has 0 aliphatic carbocycles. The number of carbonyl (C=O) groups excluding carboxylic acids is 5. The first kappa shape index (κ1) is 130. The molecule has 0 fully saturated rings. The lowest BCUT2D eigenvalue weighted by Gasteiger charge is -2.25. The molecule has 0 aliphatic heterocycles. The zero-order chi connectivity index (χ0) is 100. The maximum absolute atomic E-state index is 12.5. The molecule has 16 nitrogen and oxygen atoms in total. The van der Waals surface area contributed by atoms with Crippen LogP contribution in [0.25, 0.3) is 0 Å². The third kappa shape index (κ3) is 57.6. The fourth-order valence-corrected chi connectivity index (χ4v) is 14.2. The second kappa shape index (κ2) is 78.1. The van der Waals surface area contributed by atoms with Crippen molar-refractivity contribution >= 4 is 52.8 Å². The molecule has 0 unspecified atom stereocenters. The van der Waals surface area contributed by atoms with Crippen LogP contribution in [-0.2, 0) is 61.9 Å². The molecule has 0 aromatic carbocycles. The first-order chi connectivity index (χ1) is 60.8. The van der Waals surface area contributed by atoms with Crippen LogP contribution in [0, 0.1) is 47.3 Å². The van der Waals surface area contributed by atoms with Crippen LogP contribution < -0.4 is 0 Å². The lowest BCUT2D eigenvalue weighted by atomic mass is 9.89. The SMILES string of the molecule is C=C/C=C(\CC)C(=O)O[C@@H](C/C=C(C)/C=C(\C)[C@H](OC)[C@H](/C=C(/C)C=O)CC)C(C)C.C=C/C=C(\CC)C(=O)O[C@@H](C/C=C(C)/C=C(\C)[C@H](OC)[C@H](/C=C(/C)CO)CC)C(C)C.C=C/C=C(\CC)C(=O)O[C@@H](C/C=C(C)/C=C(\C)[C@H](OC)[C@H](/C=C(/C)[C@@H](O)CC=C)CC)C(C)C.C=C/C=C(\CC)C(=O)O[C@@H](CC=C(C)C)C(C)C.CC[C@@H](/C=C(/C)CO)[C@@H](OC)/C(C)=C/I. The number of aliphatic hydroxyl groups is 3. The Bertz CT molecular complexity index is 3810. The van der Waals surface area contributed by atoms with Crippen LogP contribution >= 0.6 is 22.6 Å². The summed E-state index contributed by atoms with van der Waals surface area (Å²) in [4.78, 5) is 60.4. The maximum Gasteiger partial charge on any atom is 0.334 e. The first-order valence-electron chi connectivity index (χ1n) is 46.7. The van der Waals surface area contributed by atoms with Crippen molar-refractivity contribution in [3.8, 4) is 0 Å². The Morgan fingerprint density at radius 3 is 0.798 bits per heavy atom. The van der Waals surface area contributed by atoms with Gasteiger partial charge in [-0.3, -0.25) is 4.79 Å². The highest BCUT2D eigenvalue weighted by Crippen LogP contribution is 2.30. The number of ether oxygens (including phenoxy) is 8. The van der Waals surface area contributed by atoms with E-state index in [1.807, 2.05) is 89.2 Å². The number of halogens is 1. The molecular weight excluding hydrogens is 1730 g/mol. The molecule has 0 heterocycles. The third-order valence-corrected chi connectivity index (χ3v) is 23.0. The van der Waals surface area contributed by atoms with Gasteiger partial charge in [-0.1, -0.05) is 315 Å². The Morgan fingerprint density at radius 2 is 0.597 bits per heavy atom. The minimum absolute atomic E-state index is 0.0512. The molecule has 0 aromatic heterocycles. The monoisotopic (exact) mass is 1910 g/mol. The van der Waals surface area contributed by atoms with Crippen LogP contribution in [0.4, 0.5) is 0 Å². The fraction of sp³-hybridized carbons (Fsp3) is 0.580. The number of rotatable bonds is 57. The van der Waals surface area contributed by atoms with Crippen LogP contribution in [-0.4, -0.2) is 142 Å². The van der Waals surface area contributed by atoms with Crippen molar-refractivity contribution in [1.82, 2.24) is 0 Å². The van der Waals surface area contributed by atoms with E-state index >= 15 is 0 Å². The summed E-state index contributed by atoms with van der Waals surface area (Å²) >= 11 is 2.23. The van der Waals surface area contributed by atoms with E-state index in [0.717, 1.165) is 88.5 Å². The second-order valence-corrected chi connectivity index (χ2v) is 35.3. The Kier molecular flexibility index (Phi) is 78.7. The summed E-state index contributed by atoms with van der Waals surface area (Å²) in [6.45, 7) is 77.4. The number of methoxy groups -OCH3 is 4. The zero-order valence-electron chi connectivity index (χ0n) is 86.7. The van der Waals surface area contributed by atoms with Gasteiger partial charge in [0.2, 0.25) is 0 Å². The molecule has 0 amide bonds. The van der Waals surface area contributed by atoms with Crippen LogP contribution in [0.3, 0.4) is 0 Å². The van der Waals surface area contributed by atoms with Crippen molar-refractivity contribution in [2.45, 2.75) is 339 Å². The number of allylic oxidation sites excluding steroid dienone is 16. The van der Waals surface area contributed by atoms with E-state index in [2.05, 4.69) is 238 Å². The summed E-state index contributed by atoms with van der Waals surface area (Å²) in [5.41, 5.74) is 15.3. The van der Waals surface area contributed by atoms with Gasteiger partial charge in [0.15, 0.2) is 0 Å². The quantitative estimate of drug-likeness (QED) is 0.00980. The topological polar surface area (TPSA) is 220 Å². The first-order valence-corrected chi connectivity index (χ1v) is 47.9. The predicted octanol–water partition coefficient (Wildman–Crippen LogP) is 27.9. The molecule has 3 N–H and O–H groups in total. The number of esters is 4. The molecule has 0 saturated heterocycles. The van der Waals surface area contributed by atoms with E-state index in [1.165, 1.54) is 11.1 Å². The van der Waals surface area contributed by atoms with Crippen molar-refractivity contribution in [2.75, 3.05) is 41.7 Å². The van der Waals surface area contributed by atoms with E-state index in [9.17, 15) is 34.2 Å². The van der Waals surface area contributed by atoms with Crippen LogP contribution in [0.15, 0.2) is 248 Å². The second-order valence-electron chi connectivity index (χ2n) is 34.7. The van der Waals surface area contributed by atoms with E-state index in [1.54, 1.807) is 83.1 Å². The zero-order valence-corrected chi connectivity index (χ0v) is 88.8. The maximum atomic E-state index is 12.5. The van der Waals surface area contributed by atoms with Gasteiger partial charge in [0.1, 0.15) is 30.7 Å². The molecule has 0 radical (unpaired) electrons. The lowest BCUT2D eigenvalue weighted by Crippen LogP contribution is -2.24. The molecule has 0 spiro atoms. The summed E-state index contributed by atoms with van der Waals surface area (Å²) in [5.74, 6) is 0.713. The highest BCUT2D eigenvalue weighted by atomic mass is 127. The Labute approximate surface area is 800 Å².